The van der Waals surface area contributed by atoms with Gasteiger partial charge < -0.3 is 14.7 Å². The number of nitrogens with one attached hydrogen (secondary N) is 1. The van der Waals surface area contributed by atoms with Crippen molar-refractivity contribution in [3.05, 3.63) is 29.1 Å². The molecule has 31 heavy (non-hydrogen) atoms. The van der Waals surface area contributed by atoms with Gasteiger partial charge >= 0.3 is 0 Å². The molecule has 168 valence electrons. The van der Waals surface area contributed by atoms with E-state index in [9.17, 15) is 9.59 Å². The fraction of sp³-hybridized carbons (Fsp3) is 0.636. The lowest BCUT2D eigenvalue weighted by Crippen LogP contribution is -2.44. The molecule has 1 aliphatic heterocycles. The van der Waals surface area contributed by atoms with Gasteiger partial charge in [0.25, 0.3) is 0 Å². The van der Waals surface area contributed by atoms with Gasteiger partial charge in [-0.1, -0.05) is 24.4 Å². The molecule has 4 rings (SSSR count). The Morgan fingerprint density at radius 3 is 2.84 bits per heavy atom. The molecule has 0 unspecified atom stereocenters. The second-order valence-electron chi connectivity index (χ2n) is 9.06. The Morgan fingerprint density at radius 2 is 2.13 bits per heavy atom. The molecule has 1 saturated heterocycles. The number of carbonyl (C=O) groups excluding carboxylic acids is 2. The molecule has 3 heterocycles. The number of nitrogens with zero attached hydrogens (tertiary/aromatic N) is 4. The van der Waals surface area contributed by atoms with Gasteiger partial charge in [0, 0.05) is 50.6 Å². The van der Waals surface area contributed by atoms with Crippen molar-refractivity contribution in [3.8, 4) is 0 Å². The van der Waals surface area contributed by atoms with Gasteiger partial charge in [-0.3, -0.25) is 14.5 Å². The molecule has 1 atom stereocenters. The molecule has 0 aromatic carbocycles. The summed E-state index contributed by atoms with van der Waals surface area (Å²) in [6.45, 7) is 1.45. The van der Waals surface area contributed by atoms with E-state index in [0.29, 0.717) is 37.0 Å². The van der Waals surface area contributed by atoms with Crippen molar-refractivity contribution in [1.29, 1.82) is 0 Å². The summed E-state index contributed by atoms with van der Waals surface area (Å²) >= 11 is 1.39. The minimum Gasteiger partial charge on any atom is -0.361 e. The highest BCUT2D eigenvalue weighted by molar-refractivity contribution is 7.13. The highest BCUT2D eigenvalue weighted by Crippen LogP contribution is 2.38. The van der Waals surface area contributed by atoms with Gasteiger partial charge in [0.2, 0.25) is 11.8 Å². The van der Waals surface area contributed by atoms with Crippen molar-refractivity contribution in [3.63, 3.8) is 0 Å². The quantitative estimate of drug-likeness (QED) is 0.704. The van der Waals surface area contributed by atoms with E-state index in [-0.39, 0.29) is 18.4 Å². The van der Waals surface area contributed by atoms with Crippen LogP contribution in [-0.4, -0.2) is 65.5 Å². The Kier molecular flexibility index (Phi) is 6.71. The average molecular weight is 446 g/mol. The minimum atomic E-state index is -0.603. The van der Waals surface area contributed by atoms with Crippen LogP contribution in [0.1, 0.15) is 55.9 Å². The summed E-state index contributed by atoms with van der Waals surface area (Å²) in [5.74, 6) is 1.21. The Labute approximate surface area is 187 Å². The number of amides is 2. The van der Waals surface area contributed by atoms with E-state index in [2.05, 4.69) is 21.5 Å². The highest BCUT2D eigenvalue weighted by Gasteiger charge is 2.46. The van der Waals surface area contributed by atoms with Gasteiger partial charge in [0.05, 0.1) is 17.7 Å². The molecule has 1 N–H and O–H groups in total. The Morgan fingerprint density at radius 1 is 1.32 bits per heavy atom. The summed E-state index contributed by atoms with van der Waals surface area (Å²) in [5, 5.41) is 9.58. The third kappa shape index (κ3) is 5.15. The second-order valence-corrected chi connectivity index (χ2v) is 9.95. The zero-order chi connectivity index (χ0) is 21.8. The first kappa shape index (κ1) is 22.0. The van der Waals surface area contributed by atoms with Crippen LogP contribution in [0.3, 0.4) is 0 Å². The van der Waals surface area contributed by atoms with Gasteiger partial charge in [-0.25, -0.2) is 4.98 Å². The number of hydrogen-bond donors (Lipinski definition) is 1. The molecule has 2 fully saturated rings. The van der Waals surface area contributed by atoms with Crippen molar-refractivity contribution in [2.45, 2.75) is 50.9 Å². The fourth-order valence-electron chi connectivity index (χ4n) is 4.95. The Hall–Kier alpha value is -2.26. The summed E-state index contributed by atoms with van der Waals surface area (Å²) in [6.07, 6.45) is 8.97. The van der Waals surface area contributed by atoms with Crippen LogP contribution in [0.15, 0.2) is 22.2 Å². The molecule has 2 amide bonds. The smallest absolute Gasteiger partial charge is 0.240 e. The topological polar surface area (TPSA) is 91.6 Å². The molecule has 1 saturated carbocycles. The molecule has 0 bridgehead atoms. The predicted octanol–water partition coefficient (Wildman–Crippen LogP) is 3.14. The van der Waals surface area contributed by atoms with Crippen LogP contribution in [0.4, 0.5) is 5.13 Å². The molecule has 9 heteroatoms. The van der Waals surface area contributed by atoms with Crippen molar-refractivity contribution in [1.82, 2.24) is 19.9 Å². The normalized spacial score (nSPS) is 22.5. The maximum atomic E-state index is 13.2. The van der Waals surface area contributed by atoms with E-state index in [0.717, 1.165) is 24.3 Å². The molecule has 2 aromatic heterocycles. The number of likely N-dealkylation sites (tertiary alicyclic amines) is 1. The van der Waals surface area contributed by atoms with Crippen LogP contribution in [-0.2, 0) is 16.0 Å². The van der Waals surface area contributed by atoms with E-state index >= 15 is 0 Å². The lowest BCUT2D eigenvalue weighted by molar-refractivity contribution is -0.139. The number of carbonyl (C=O) groups is 2. The number of thiazole rings is 1. The predicted molar refractivity (Wildman–Crippen MR) is 119 cm³/mol. The standard InChI is InChI=1S/C22H31N5O3S/c1-26(2)20(29)22(13-17-12-18(25-30-17)16-6-4-3-5-7-16)8-10-27(15-22)14-19(28)24-21-23-9-11-31-21/h9,11-12,16H,3-8,10,13-15H2,1-2H3,(H,23,24,28)/t22-/m0/s1. The maximum absolute atomic E-state index is 13.2. The summed E-state index contributed by atoms with van der Waals surface area (Å²) in [4.78, 5) is 33.4. The molecular formula is C22H31N5O3S. The van der Waals surface area contributed by atoms with E-state index in [1.54, 1.807) is 25.2 Å². The Bertz CT molecular complexity index is 891. The van der Waals surface area contributed by atoms with E-state index in [1.165, 1.54) is 30.6 Å². The minimum absolute atomic E-state index is 0.0750. The van der Waals surface area contributed by atoms with Crippen LogP contribution >= 0.6 is 11.3 Å². The van der Waals surface area contributed by atoms with Crippen LogP contribution in [0.25, 0.3) is 0 Å². The lowest BCUT2D eigenvalue weighted by Gasteiger charge is -2.30. The third-order valence-electron chi connectivity index (χ3n) is 6.45. The van der Waals surface area contributed by atoms with Crippen molar-refractivity contribution in [2.24, 2.45) is 5.41 Å². The Balaban J connectivity index is 1.43. The number of anilines is 1. The second kappa shape index (κ2) is 9.48. The van der Waals surface area contributed by atoms with E-state index in [4.69, 9.17) is 4.52 Å². The van der Waals surface area contributed by atoms with Crippen LogP contribution < -0.4 is 5.32 Å². The monoisotopic (exact) mass is 445 g/mol. The first-order valence-electron chi connectivity index (χ1n) is 11.0. The van der Waals surface area contributed by atoms with Gasteiger partial charge in [-0.2, -0.15) is 0 Å². The van der Waals surface area contributed by atoms with Gasteiger partial charge in [0.15, 0.2) is 5.13 Å². The number of aromatic nitrogens is 2. The van der Waals surface area contributed by atoms with Crippen molar-refractivity contribution >= 4 is 28.3 Å². The third-order valence-corrected chi connectivity index (χ3v) is 7.14. The zero-order valence-electron chi connectivity index (χ0n) is 18.3. The number of hydrogen-bond acceptors (Lipinski definition) is 7. The van der Waals surface area contributed by atoms with E-state index in [1.807, 2.05) is 10.3 Å². The molecule has 0 spiro atoms. The first-order chi connectivity index (χ1) is 14.9. The first-order valence-corrected chi connectivity index (χ1v) is 11.9. The van der Waals surface area contributed by atoms with Crippen LogP contribution in [0, 0.1) is 5.41 Å². The molecule has 2 aromatic rings. The molecule has 2 aliphatic rings. The van der Waals surface area contributed by atoms with Crippen molar-refractivity contribution in [2.75, 3.05) is 39.0 Å². The van der Waals surface area contributed by atoms with Gasteiger partial charge in [-0.05, 0) is 25.8 Å². The lowest BCUT2D eigenvalue weighted by atomic mass is 9.80. The molecule has 1 aliphatic carbocycles. The van der Waals surface area contributed by atoms with Crippen molar-refractivity contribution < 1.29 is 14.1 Å². The van der Waals surface area contributed by atoms with Gasteiger partial charge in [-0.15, -0.1) is 11.3 Å². The van der Waals surface area contributed by atoms with E-state index < -0.39 is 5.41 Å². The molecule has 8 nitrogen and oxygen atoms in total. The fourth-order valence-corrected chi connectivity index (χ4v) is 5.49. The highest BCUT2D eigenvalue weighted by atomic mass is 32.1. The SMILES string of the molecule is CN(C)C(=O)[C@]1(Cc2cc(C3CCCCC3)no2)CCN(CC(=O)Nc2nccs2)C1. The number of rotatable bonds is 7. The summed E-state index contributed by atoms with van der Waals surface area (Å²) in [6, 6.07) is 2.05. The van der Waals surface area contributed by atoms with Crippen LogP contribution in [0.2, 0.25) is 0 Å². The zero-order valence-corrected chi connectivity index (χ0v) is 19.1. The summed E-state index contributed by atoms with van der Waals surface area (Å²) < 4.78 is 5.70. The average Bonchev–Trinajstić information content (AvgIpc) is 3.51. The maximum Gasteiger partial charge on any atom is 0.240 e. The largest absolute Gasteiger partial charge is 0.361 e. The molecular weight excluding hydrogens is 414 g/mol. The summed E-state index contributed by atoms with van der Waals surface area (Å²) in [7, 11) is 3.57. The molecule has 0 radical (unpaired) electrons. The van der Waals surface area contributed by atoms with Gasteiger partial charge in [0.1, 0.15) is 5.76 Å². The summed E-state index contributed by atoms with van der Waals surface area (Å²) in [5.41, 5.74) is 0.425. The van der Waals surface area contributed by atoms with Crippen LogP contribution in [0.5, 0.6) is 0 Å².